The monoisotopic (exact) mass is 259 g/mol. The molecule has 0 aliphatic heterocycles. The van der Waals surface area contributed by atoms with Gasteiger partial charge in [-0.15, -0.1) is 0 Å². The summed E-state index contributed by atoms with van der Waals surface area (Å²) in [5.74, 6) is -2.31. The van der Waals surface area contributed by atoms with E-state index in [1.807, 2.05) is 0 Å². The number of carboxylic acids is 1. The molecule has 92 valence electrons. The van der Waals surface area contributed by atoms with Gasteiger partial charge in [0, 0.05) is 13.0 Å². The zero-order valence-corrected chi connectivity index (χ0v) is 9.63. The Kier molecular flexibility index (Phi) is 4.90. The molecule has 0 saturated carbocycles. The van der Waals surface area contributed by atoms with Crippen LogP contribution in [0.2, 0.25) is 5.02 Å². The Morgan fingerprint density at radius 2 is 2.12 bits per heavy atom. The summed E-state index contributed by atoms with van der Waals surface area (Å²) in [5, 5.41) is 10.7. The van der Waals surface area contributed by atoms with E-state index in [-0.39, 0.29) is 23.6 Å². The predicted octanol–water partition coefficient (Wildman–Crippen LogP) is 2.07. The van der Waals surface area contributed by atoms with Gasteiger partial charge in [-0.1, -0.05) is 17.7 Å². The summed E-state index contributed by atoms with van der Waals surface area (Å²) in [4.78, 5) is 21.7. The third-order valence-corrected chi connectivity index (χ3v) is 2.34. The van der Waals surface area contributed by atoms with Gasteiger partial charge in [-0.3, -0.25) is 9.59 Å². The molecule has 1 rings (SSSR count). The number of hydrogen-bond donors (Lipinski definition) is 2. The standard InChI is InChI=1S/C11H11ClFNO3/c12-8-4-1-3-7(10(8)13)11(17)14-6-2-5-9(15)16/h1,3-4H,2,5-6H2,(H,14,17)(H,15,16). The molecule has 0 saturated heterocycles. The van der Waals surface area contributed by atoms with E-state index in [2.05, 4.69) is 5.32 Å². The Hall–Kier alpha value is -1.62. The second-order valence-electron chi connectivity index (χ2n) is 3.35. The number of amides is 1. The van der Waals surface area contributed by atoms with Gasteiger partial charge in [0.25, 0.3) is 5.91 Å². The molecule has 4 nitrogen and oxygen atoms in total. The molecule has 0 aliphatic carbocycles. The average Bonchev–Trinajstić information content (AvgIpc) is 2.27. The normalized spacial score (nSPS) is 10.0. The summed E-state index contributed by atoms with van der Waals surface area (Å²) < 4.78 is 13.4. The molecular formula is C11H11ClFNO3. The number of carboxylic acid groups (broad SMARTS) is 1. The Morgan fingerprint density at radius 1 is 1.41 bits per heavy atom. The lowest BCUT2D eigenvalue weighted by Gasteiger charge is -2.05. The van der Waals surface area contributed by atoms with E-state index in [9.17, 15) is 14.0 Å². The molecule has 6 heteroatoms. The van der Waals surface area contributed by atoms with Crippen LogP contribution in [0.1, 0.15) is 23.2 Å². The SMILES string of the molecule is O=C(O)CCCNC(=O)c1cccc(Cl)c1F. The minimum absolute atomic E-state index is 0.0433. The average molecular weight is 260 g/mol. The van der Waals surface area contributed by atoms with Crippen molar-refractivity contribution in [2.75, 3.05) is 6.54 Å². The second kappa shape index (κ2) is 6.20. The Balaban J connectivity index is 2.53. The number of rotatable bonds is 5. The van der Waals surface area contributed by atoms with Crippen molar-refractivity contribution in [3.63, 3.8) is 0 Å². The summed E-state index contributed by atoms with van der Waals surface area (Å²) in [6.07, 6.45) is 0.252. The first-order valence-electron chi connectivity index (χ1n) is 4.96. The molecule has 0 bridgehead atoms. The molecule has 0 aliphatic rings. The van der Waals surface area contributed by atoms with Crippen LogP contribution >= 0.6 is 11.6 Å². The largest absolute Gasteiger partial charge is 0.481 e. The molecule has 0 spiro atoms. The van der Waals surface area contributed by atoms with Crippen molar-refractivity contribution in [1.82, 2.24) is 5.32 Å². The van der Waals surface area contributed by atoms with E-state index >= 15 is 0 Å². The van der Waals surface area contributed by atoms with Crippen molar-refractivity contribution in [3.8, 4) is 0 Å². The van der Waals surface area contributed by atoms with Gasteiger partial charge in [-0.05, 0) is 18.6 Å². The topological polar surface area (TPSA) is 66.4 Å². The Morgan fingerprint density at radius 3 is 2.76 bits per heavy atom. The minimum atomic E-state index is -0.937. The molecule has 2 N–H and O–H groups in total. The third kappa shape index (κ3) is 4.03. The molecule has 1 aromatic carbocycles. The maximum Gasteiger partial charge on any atom is 0.303 e. The highest BCUT2D eigenvalue weighted by atomic mass is 35.5. The van der Waals surface area contributed by atoms with Crippen LogP contribution in [0.3, 0.4) is 0 Å². The van der Waals surface area contributed by atoms with Crippen molar-refractivity contribution in [1.29, 1.82) is 0 Å². The highest BCUT2D eigenvalue weighted by Gasteiger charge is 2.13. The number of benzene rings is 1. The molecular weight excluding hydrogens is 249 g/mol. The van der Waals surface area contributed by atoms with Crippen LogP contribution in [-0.4, -0.2) is 23.5 Å². The lowest BCUT2D eigenvalue weighted by molar-refractivity contribution is -0.137. The van der Waals surface area contributed by atoms with Crippen molar-refractivity contribution in [2.45, 2.75) is 12.8 Å². The van der Waals surface area contributed by atoms with Crippen LogP contribution < -0.4 is 5.32 Å². The van der Waals surface area contributed by atoms with E-state index in [1.165, 1.54) is 18.2 Å². The molecule has 17 heavy (non-hydrogen) atoms. The van der Waals surface area contributed by atoms with Gasteiger partial charge in [-0.25, -0.2) is 4.39 Å². The molecule has 0 aromatic heterocycles. The Bertz CT molecular complexity index is 437. The minimum Gasteiger partial charge on any atom is -0.481 e. The summed E-state index contributed by atoms with van der Waals surface area (Å²) in [6.45, 7) is 0.178. The molecule has 0 unspecified atom stereocenters. The maximum absolute atomic E-state index is 13.4. The van der Waals surface area contributed by atoms with Crippen LogP contribution in [-0.2, 0) is 4.79 Å². The van der Waals surface area contributed by atoms with Gasteiger partial charge in [-0.2, -0.15) is 0 Å². The molecule has 0 atom stereocenters. The van der Waals surface area contributed by atoms with Crippen molar-refractivity contribution in [2.24, 2.45) is 0 Å². The van der Waals surface area contributed by atoms with Gasteiger partial charge in [0.1, 0.15) is 0 Å². The zero-order valence-electron chi connectivity index (χ0n) is 8.87. The van der Waals surface area contributed by atoms with E-state index in [0.29, 0.717) is 6.42 Å². The van der Waals surface area contributed by atoms with Gasteiger partial charge in [0.15, 0.2) is 5.82 Å². The molecule has 1 amide bonds. The number of nitrogens with one attached hydrogen (secondary N) is 1. The fourth-order valence-corrected chi connectivity index (χ4v) is 1.39. The van der Waals surface area contributed by atoms with Gasteiger partial charge >= 0.3 is 5.97 Å². The summed E-state index contributed by atoms with van der Waals surface area (Å²) >= 11 is 5.53. The van der Waals surface area contributed by atoms with Crippen molar-refractivity contribution < 1.29 is 19.1 Å². The predicted molar refractivity (Wildman–Crippen MR) is 60.6 cm³/mol. The number of halogens is 2. The number of carbonyl (C=O) groups excluding carboxylic acids is 1. The lowest BCUT2D eigenvalue weighted by atomic mass is 10.2. The van der Waals surface area contributed by atoms with E-state index < -0.39 is 17.7 Å². The lowest BCUT2D eigenvalue weighted by Crippen LogP contribution is -2.25. The van der Waals surface area contributed by atoms with E-state index in [4.69, 9.17) is 16.7 Å². The first-order chi connectivity index (χ1) is 8.02. The highest BCUT2D eigenvalue weighted by molar-refractivity contribution is 6.31. The van der Waals surface area contributed by atoms with E-state index in [0.717, 1.165) is 0 Å². The first kappa shape index (κ1) is 13.4. The van der Waals surface area contributed by atoms with Gasteiger partial charge < -0.3 is 10.4 Å². The Labute approximate surface area is 102 Å². The quantitative estimate of drug-likeness (QED) is 0.796. The summed E-state index contributed by atoms with van der Waals surface area (Å²) in [7, 11) is 0. The van der Waals surface area contributed by atoms with Crippen LogP contribution in [0, 0.1) is 5.82 Å². The fraction of sp³-hybridized carbons (Fsp3) is 0.273. The van der Waals surface area contributed by atoms with Crippen molar-refractivity contribution in [3.05, 3.63) is 34.6 Å². The smallest absolute Gasteiger partial charge is 0.303 e. The number of hydrogen-bond acceptors (Lipinski definition) is 2. The van der Waals surface area contributed by atoms with Gasteiger partial charge in [0.05, 0.1) is 10.6 Å². The van der Waals surface area contributed by atoms with Crippen LogP contribution in [0.4, 0.5) is 4.39 Å². The van der Waals surface area contributed by atoms with Crippen LogP contribution in [0.5, 0.6) is 0 Å². The molecule has 1 aromatic rings. The summed E-state index contributed by atoms with van der Waals surface area (Å²) in [5.41, 5.74) is -0.146. The molecule has 0 fully saturated rings. The third-order valence-electron chi connectivity index (χ3n) is 2.05. The number of aliphatic carboxylic acids is 1. The fourth-order valence-electron chi connectivity index (χ4n) is 1.22. The maximum atomic E-state index is 13.4. The van der Waals surface area contributed by atoms with Gasteiger partial charge in [0.2, 0.25) is 0 Å². The molecule has 0 heterocycles. The zero-order chi connectivity index (χ0) is 12.8. The summed E-state index contributed by atoms with van der Waals surface area (Å²) in [6, 6.07) is 4.13. The second-order valence-corrected chi connectivity index (χ2v) is 3.76. The van der Waals surface area contributed by atoms with Crippen molar-refractivity contribution >= 4 is 23.5 Å². The first-order valence-corrected chi connectivity index (χ1v) is 5.34. The van der Waals surface area contributed by atoms with Crippen LogP contribution in [0.15, 0.2) is 18.2 Å². The van der Waals surface area contributed by atoms with E-state index in [1.54, 1.807) is 0 Å². The van der Waals surface area contributed by atoms with Crippen LogP contribution in [0.25, 0.3) is 0 Å². The molecule has 0 radical (unpaired) electrons. The number of carbonyl (C=O) groups is 2. The highest BCUT2D eigenvalue weighted by Crippen LogP contribution is 2.17.